The number of thiophene rings is 1. The molecule has 0 aliphatic heterocycles. The van der Waals surface area contributed by atoms with Crippen molar-refractivity contribution in [2.75, 3.05) is 13.7 Å². The zero-order chi connectivity index (χ0) is 15.4. The summed E-state index contributed by atoms with van der Waals surface area (Å²) in [5, 5.41) is 3.56. The fourth-order valence-electron chi connectivity index (χ4n) is 2.11. The van der Waals surface area contributed by atoms with Crippen LogP contribution in [-0.4, -0.2) is 13.7 Å². The maximum atomic E-state index is 5.33. The second-order valence-electron chi connectivity index (χ2n) is 4.54. The van der Waals surface area contributed by atoms with Gasteiger partial charge in [0.15, 0.2) is 0 Å². The number of likely N-dealkylation sites (N-methyl/N-ethyl adjacent to an activating group) is 1. The van der Waals surface area contributed by atoms with E-state index in [1.165, 1.54) is 10.4 Å². The van der Waals surface area contributed by atoms with Gasteiger partial charge in [-0.1, -0.05) is 22.9 Å². The fourth-order valence-corrected chi connectivity index (χ4v) is 4.68. The average Bonchev–Trinajstić information content (AvgIpc) is 2.80. The summed E-state index contributed by atoms with van der Waals surface area (Å²) in [4.78, 5) is 1.31. The quantitative estimate of drug-likeness (QED) is 0.533. The maximum absolute atomic E-state index is 5.33. The second-order valence-corrected chi connectivity index (χ2v) is 8.65. The molecule has 1 unspecified atom stereocenters. The van der Waals surface area contributed by atoms with Crippen LogP contribution in [0.4, 0.5) is 0 Å². The number of hydrogen-bond donors (Lipinski definition) is 1. The molecule has 2 aromatic rings. The number of rotatable bonds is 6. The van der Waals surface area contributed by atoms with E-state index in [2.05, 4.69) is 72.2 Å². The van der Waals surface area contributed by atoms with Crippen LogP contribution >= 0.6 is 59.1 Å². The molecule has 0 aliphatic rings. The van der Waals surface area contributed by atoms with Crippen LogP contribution in [0.25, 0.3) is 0 Å². The van der Waals surface area contributed by atoms with E-state index in [-0.39, 0.29) is 6.04 Å². The number of nitrogens with one attached hydrogen (secondary N) is 1. The number of hydrogen-bond acceptors (Lipinski definition) is 3. The van der Waals surface area contributed by atoms with E-state index in [4.69, 9.17) is 4.74 Å². The molecule has 6 heteroatoms. The minimum atomic E-state index is 0.283. The molecule has 1 aromatic carbocycles. The van der Waals surface area contributed by atoms with Gasteiger partial charge >= 0.3 is 0 Å². The Hall–Kier alpha value is 0.120. The summed E-state index contributed by atoms with van der Waals surface area (Å²) in [6.07, 6.45) is 0.908. The third-order valence-corrected chi connectivity index (χ3v) is 7.28. The van der Waals surface area contributed by atoms with Crippen molar-refractivity contribution < 1.29 is 4.74 Å². The second kappa shape index (κ2) is 8.11. The van der Waals surface area contributed by atoms with Crippen molar-refractivity contribution in [1.82, 2.24) is 5.32 Å². The molecule has 114 valence electrons. The largest absolute Gasteiger partial charge is 0.497 e. The molecule has 21 heavy (non-hydrogen) atoms. The first kappa shape index (κ1) is 17.5. The Labute approximate surface area is 154 Å². The van der Waals surface area contributed by atoms with Crippen molar-refractivity contribution in [3.05, 3.63) is 47.4 Å². The normalized spacial score (nSPS) is 12.4. The van der Waals surface area contributed by atoms with Crippen LogP contribution in [0.2, 0.25) is 0 Å². The zero-order valence-corrected chi connectivity index (χ0v) is 17.3. The summed E-state index contributed by atoms with van der Waals surface area (Å²) in [6, 6.07) is 8.56. The van der Waals surface area contributed by atoms with Crippen LogP contribution in [0, 0.1) is 0 Å². The van der Waals surface area contributed by atoms with Crippen LogP contribution in [0.3, 0.4) is 0 Å². The van der Waals surface area contributed by atoms with Crippen molar-refractivity contribution in [1.29, 1.82) is 0 Å². The highest BCUT2D eigenvalue weighted by atomic mass is 79.9. The van der Waals surface area contributed by atoms with E-state index in [0.29, 0.717) is 0 Å². The highest BCUT2D eigenvalue weighted by Gasteiger charge is 2.17. The van der Waals surface area contributed by atoms with Crippen molar-refractivity contribution >= 4 is 59.1 Å². The molecule has 1 heterocycles. The van der Waals surface area contributed by atoms with Gasteiger partial charge in [0, 0.05) is 19.9 Å². The molecule has 0 bridgehead atoms. The van der Waals surface area contributed by atoms with Gasteiger partial charge in [-0.15, -0.1) is 11.3 Å². The molecule has 0 saturated carbocycles. The lowest BCUT2D eigenvalue weighted by Gasteiger charge is -2.18. The third kappa shape index (κ3) is 4.55. The molecular weight excluding hydrogens is 482 g/mol. The molecule has 0 fully saturated rings. The molecule has 0 saturated heterocycles. The average molecular weight is 498 g/mol. The molecule has 1 aromatic heterocycles. The summed E-state index contributed by atoms with van der Waals surface area (Å²) in [5.74, 6) is 0.886. The predicted molar refractivity (Wildman–Crippen MR) is 101 cm³/mol. The standard InChI is InChI=1S/C15H16Br3NOS/c1-3-19-13(14-8-12(17)15(18)21-14)7-9-6-10(20-2)4-5-11(9)16/h4-6,8,13,19H,3,7H2,1-2H3. The molecule has 0 spiro atoms. The zero-order valence-electron chi connectivity index (χ0n) is 11.8. The van der Waals surface area contributed by atoms with E-state index >= 15 is 0 Å². The van der Waals surface area contributed by atoms with Crippen LogP contribution in [0.15, 0.2) is 37.0 Å². The van der Waals surface area contributed by atoms with E-state index in [1.807, 2.05) is 12.1 Å². The Kier molecular flexibility index (Phi) is 6.75. The molecular formula is C15H16Br3NOS. The first-order valence-electron chi connectivity index (χ1n) is 6.55. The summed E-state index contributed by atoms with van der Waals surface area (Å²) in [6.45, 7) is 3.06. The molecule has 1 N–H and O–H groups in total. The highest BCUT2D eigenvalue weighted by Crippen LogP contribution is 2.37. The van der Waals surface area contributed by atoms with Gasteiger partial charge in [0.25, 0.3) is 0 Å². The topological polar surface area (TPSA) is 21.3 Å². The summed E-state index contributed by atoms with van der Waals surface area (Å²) < 4.78 is 8.67. The Morgan fingerprint density at radius 3 is 2.52 bits per heavy atom. The maximum Gasteiger partial charge on any atom is 0.119 e. The van der Waals surface area contributed by atoms with Gasteiger partial charge in [0.2, 0.25) is 0 Å². The summed E-state index contributed by atoms with van der Waals surface area (Å²) in [5.41, 5.74) is 1.24. The lowest BCUT2D eigenvalue weighted by Crippen LogP contribution is -2.22. The Morgan fingerprint density at radius 1 is 1.19 bits per heavy atom. The van der Waals surface area contributed by atoms with Crippen molar-refractivity contribution in [2.45, 2.75) is 19.4 Å². The summed E-state index contributed by atoms with van der Waals surface area (Å²) in [7, 11) is 1.70. The fraction of sp³-hybridized carbons (Fsp3) is 0.333. The Balaban J connectivity index is 2.27. The lowest BCUT2D eigenvalue weighted by atomic mass is 10.0. The van der Waals surface area contributed by atoms with Crippen LogP contribution < -0.4 is 10.1 Å². The number of halogens is 3. The first-order valence-corrected chi connectivity index (χ1v) is 9.75. The van der Waals surface area contributed by atoms with E-state index < -0.39 is 0 Å². The Morgan fingerprint density at radius 2 is 1.95 bits per heavy atom. The minimum Gasteiger partial charge on any atom is -0.497 e. The minimum absolute atomic E-state index is 0.283. The summed E-state index contributed by atoms with van der Waals surface area (Å²) >= 11 is 12.5. The lowest BCUT2D eigenvalue weighted by molar-refractivity contribution is 0.413. The van der Waals surface area contributed by atoms with Gasteiger partial charge in [-0.2, -0.15) is 0 Å². The molecule has 0 aliphatic carbocycles. The third-order valence-electron chi connectivity index (χ3n) is 3.14. The van der Waals surface area contributed by atoms with Crippen LogP contribution in [0.1, 0.15) is 23.4 Å². The van der Waals surface area contributed by atoms with Crippen molar-refractivity contribution in [2.24, 2.45) is 0 Å². The molecule has 2 rings (SSSR count). The van der Waals surface area contributed by atoms with Gasteiger partial charge < -0.3 is 10.1 Å². The van der Waals surface area contributed by atoms with Gasteiger partial charge in [-0.05, 0) is 74.7 Å². The molecule has 0 radical (unpaired) electrons. The van der Waals surface area contributed by atoms with Gasteiger partial charge in [-0.25, -0.2) is 0 Å². The van der Waals surface area contributed by atoms with Crippen LogP contribution in [-0.2, 0) is 6.42 Å². The number of ether oxygens (including phenoxy) is 1. The number of methoxy groups -OCH3 is 1. The molecule has 0 amide bonds. The van der Waals surface area contributed by atoms with Crippen molar-refractivity contribution in [3.8, 4) is 5.75 Å². The SMILES string of the molecule is CCNC(Cc1cc(OC)ccc1Br)c1cc(Br)c(Br)s1. The van der Waals surface area contributed by atoms with E-state index in [9.17, 15) is 0 Å². The number of benzene rings is 1. The first-order chi connectivity index (χ1) is 10.0. The van der Waals surface area contributed by atoms with Gasteiger partial charge in [0.1, 0.15) is 5.75 Å². The predicted octanol–water partition coefficient (Wildman–Crippen LogP) is 5.94. The van der Waals surface area contributed by atoms with E-state index in [1.54, 1.807) is 18.4 Å². The van der Waals surface area contributed by atoms with E-state index in [0.717, 1.165) is 31.4 Å². The molecule has 2 nitrogen and oxygen atoms in total. The van der Waals surface area contributed by atoms with Crippen LogP contribution in [0.5, 0.6) is 5.75 Å². The smallest absolute Gasteiger partial charge is 0.119 e. The monoisotopic (exact) mass is 495 g/mol. The highest BCUT2D eigenvalue weighted by molar-refractivity contribution is 9.13. The molecule has 1 atom stereocenters. The Bertz CT molecular complexity index is 595. The van der Waals surface area contributed by atoms with Crippen molar-refractivity contribution in [3.63, 3.8) is 0 Å². The van der Waals surface area contributed by atoms with Gasteiger partial charge in [0.05, 0.1) is 10.9 Å². The van der Waals surface area contributed by atoms with Gasteiger partial charge in [-0.3, -0.25) is 0 Å².